The second-order valence-electron chi connectivity index (χ2n) is 9.11. The number of hydrogen-bond donors (Lipinski definition) is 2. The Bertz CT molecular complexity index is 1410. The number of nitrogens with one attached hydrogen (secondary N) is 1. The minimum absolute atomic E-state index is 0. The van der Waals surface area contributed by atoms with Gasteiger partial charge in [-0.1, -0.05) is 19.9 Å². The van der Waals surface area contributed by atoms with Crippen molar-refractivity contribution in [3.8, 4) is 17.0 Å². The van der Waals surface area contributed by atoms with Crippen molar-refractivity contribution in [3.05, 3.63) is 59.9 Å². The average molecular weight is 520 g/mol. The van der Waals surface area contributed by atoms with Gasteiger partial charge in [0.15, 0.2) is 5.03 Å². The number of benzene rings is 1. The largest absolute Gasteiger partial charge is 0.493 e. The molecule has 1 unspecified atom stereocenters. The topological polar surface area (TPSA) is 128 Å². The lowest BCUT2D eigenvalue weighted by Crippen LogP contribution is -2.47. The number of pyridine rings is 2. The number of sulfonamides is 1. The van der Waals surface area contributed by atoms with E-state index >= 15 is 0 Å². The second-order valence-corrected chi connectivity index (χ2v) is 10.7. The minimum atomic E-state index is -4.26. The summed E-state index contributed by atoms with van der Waals surface area (Å²) in [5, 5.41) is -0.368. The van der Waals surface area contributed by atoms with Gasteiger partial charge < -0.3 is 15.4 Å². The van der Waals surface area contributed by atoms with Crippen LogP contribution in [0.2, 0.25) is 0 Å². The van der Waals surface area contributed by atoms with Crippen molar-refractivity contribution in [2.75, 3.05) is 23.8 Å². The van der Waals surface area contributed by atoms with Crippen molar-refractivity contribution >= 4 is 27.6 Å². The Kier molecular flexibility index (Phi) is 7.11. The number of carbonyl (C=O) groups is 1. The molecule has 1 fully saturated rings. The van der Waals surface area contributed by atoms with Gasteiger partial charge >= 0.3 is 0 Å². The number of carbonyl (C=O) groups excluding carboxylic acids is 1. The average Bonchev–Trinajstić information content (AvgIpc) is 2.81. The lowest BCUT2D eigenvalue weighted by atomic mass is 10.0. The van der Waals surface area contributed by atoms with Gasteiger partial charge in [-0.05, 0) is 55.7 Å². The molecule has 36 heavy (non-hydrogen) atoms. The molecule has 11 heteroatoms. The van der Waals surface area contributed by atoms with Gasteiger partial charge in [-0.2, -0.15) is 8.42 Å². The van der Waals surface area contributed by atoms with Crippen molar-refractivity contribution in [2.24, 2.45) is 5.92 Å². The van der Waals surface area contributed by atoms with Crippen molar-refractivity contribution in [1.82, 2.24) is 14.7 Å². The Balaban J connectivity index is 0.00000253. The van der Waals surface area contributed by atoms with E-state index in [1.54, 1.807) is 12.1 Å². The van der Waals surface area contributed by atoms with Crippen LogP contribution in [0.15, 0.2) is 53.6 Å². The standard InChI is InChI=1S/C25H28FN5O4S.3H2/c1-15(2)14-35-19-12-17(11-18(26)13-19)21-8-7-20(24(28-21)31-10-9-16(31)3)25(32)30-36(33,34)23-6-4-5-22(27)29-23;;;/h4-8,11-13,15-16H,9-10,14H2,1-3H3,(H2,27,29)(H,30,32);3*1H. The summed E-state index contributed by atoms with van der Waals surface area (Å²) in [5.41, 5.74) is 6.57. The van der Waals surface area contributed by atoms with E-state index in [0.717, 1.165) is 6.42 Å². The molecule has 0 bridgehead atoms. The van der Waals surface area contributed by atoms with Crippen molar-refractivity contribution in [1.29, 1.82) is 0 Å². The predicted molar refractivity (Wildman–Crippen MR) is 141 cm³/mol. The van der Waals surface area contributed by atoms with Crippen LogP contribution in [0.1, 0.15) is 41.8 Å². The summed E-state index contributed by atoms with van der Waals surface area (Å²) >= 11 is 0. The number of nitrogens with zero attached hydrogens (tertiary/aromatic N) is 3. The zero-order chi connectivity index (χ0) is 26.0. The minimum Gasteiger partial charge on any atom is -0.493 e. The number of nitrogen functional groups attached to an aromatic ring is 1. The van der Waals surface area contributed by atoms with Crippen molar-refractivity contribution in [2.45, 2.75) is 38.3 Å². The summed E-state index contributed by atoms with van der Waals surface area (Å²) in [6, 6.07) is 11.6. The highest BCUT2D eigenvalue weighted by molar-refractivity contribution is 7.90. The molecule has 9 nitrogen and oxygen atoms in total. The number of anilines is 2. The van der Waals surface area contributed by atoms with E-state index in [0.29, 0.717) is 36.0 Å². The summed E-state index contributed by atoms with van der Waals surface area (Å²) < 4.78 is 47.5. The molecular weight excluding hydrogens is 485 g/mol. The molecule has 1 amide bonds. The third kappa shape index (κ3) is 5.56. The molecule has 196 valence electrons. The summed E-state index contributed by atoms with van der Waals surface area (Å²) in [5.74, 6) is -0.360. The van der Waals surface area contributed by atoms with Crippen LogP contribution >= 0.6 is 0 Å². The molecule has 1 aliphatic rings. The van der Waals surface area contributed by atoms with E-state index in [9.17, 15) is 17.6 Å². The lowest BCUT2D eigenvalue weighted by molar-refractivity contribution is 0.0981. The molecule has 0 saturated carbocycles. The van der Waals surface area contributed by atoms with E-state index in [-0.39, 0.29) is 32.6 Å². The molecule has 2 aromatic heterocycles. The third-order valence-electron chi connectivity index (χ3n) is 5.71. The number of halogens is 1. The van der Waals surface area contributed by atoms with Gasteiger partial charge in [0.1, 0.15) is 23.2 Å². The van der Waals surface area contributed by atoms with E-state index in [1.807, 2.05) is 30.4 Å². The highest BCUT2D eigenvalue weighted by atomic mass is 32.2. The van der Waals surface area contributed by atoms with Crippen LogP contribution < -0.4 is 20.1 Å². The van der Waals surface area contributed by atoms with Gasteiger partial charge in [0.2, 0.25) is 0 Å². The number of nitrogens with two attached hydrogens (primary N) is 1. The Morgan fingerprint density at radius 2 is 2.03 bits per heavy atom. The predicted octanol–water partition coefficient (Wildman–Crippen LogP) is 4.36. The smallest absolute Gasteiger partial charge is 0.281 e. The quantitative estimate of drug-likeness (QED) is 0.449. The summed E-state index contributed by atoms with van der Waals surface area (Å²) in [4.78, 5) is 23.4. The van der Waals surface area contributed by atoms with Gasteiger partial charge in [-0.25, -0.2) is 19.1 Å². The molecule has 4 rings (SSSR count). The van der Waals surface area contributed by atoms with Crippen LogP contribution in [0.25, 0.3) is 11.3 Å². The summed E-state index contributed by atoms with van der Waals surface area (Å²) in [7, 11) is -4.26. The Hall–Kier alpha value is -3.73. The first kappa shape index (κ1) is 25.4. The lowest BCUT2D eigenvalue weighted by Gasteiger charge is -2.40. The fourth-order valence-electron chi connectivity index (χ4n) is 3.70. The zero-order valence-corrected chi connectivity index (χ0v) is 21.0. The third-order valence-corrected chi connectivity index (χ3v) is 6.94. The molecule has 1 aliphatic heterocycles. The Morgan fingerprint density at radius 1 is 1.25 bits per heavy atom. The maximum atomic E-state index is 14.4. The Labute approximate surface area is 214 Å². The van der Waals surface area contributed by atoms with Gasteiger partial charge in [-0.3, -0.25) is 4.79 Å². The first-order valence-electron chi connectivity index (χ1n) is 11.5. The summed E-state index contributed by atoms with van der Waals surface area (Å²) in [6.45, 7) is 7.05. The first-order chi connectivity index (χ1) is 17.0. The Morgan fingerprint density at radius 3 is 2.67 bits per heavy atom. The number of ether oxygens (including phenoxy) is 1. The monoisotopic (exact) mass is 519 g/mol. The van der Waals surface area contributed by atoms with Crippen molar-refractivity contribution < 1.29 is 26.6 Å². The maximum absolute atomic E-state index is 14.4. The van der Waals surface area contributed by atoms with Gasteiger partial charge in [0, 0.05) is 28.5 Å². The molecule has 3 heterocycles. The molecule has 0 spiro atoms. The molecule has 1 aromatic carbocycles. The summed E-state index contributed by atoms with van der Waals surface area (Å²) in [6.07, 6.45) is 0.894. The fourth-order valence-corrected chi connectivity index (χ4v) is 4.64. The first-order valence-corrected chi connectivity index (χ1v) is 13.0. The molecule has 1 atom stereocenters. The normalized spacial score (nSPS) is 15.5. The highest BCUT2D eigenvalue weighted by Crippen LogP contribution is 2.32. The van der Waals surface area contributed by atoms with Gasteiger partial charge in [-0.15, -0.1) is 0 Å². The van der Waals surface area contributed by atoms with E-state index in [4.69, 9.17) is 10.5 Å². The maximum Gasteiger partial charge on any atom is 0.281 e. The number of hydrogen-bond acceptors (Lipinski definition) is 8. The van der Waals surface area contributed by atoms with Crippen LogP contribution in [-0.4, -0.2) is 43.5 Å². The molecule has 3 aromatic rings. The number of rotatable bonds is 8. The van der Waals surface area contributed by atoms with E-state index in [2.05, 4.69) is 9.97 Å². The fraction of sp³-hybridized carbons (Fsp3) is 0.320. The number of amides is 1. The molecular formula is C25H34FN5O4S. The molecule has 1 saturated heterocycles. The van der Waals surface area contributed by atoms with Crippen LogP contribution in [0.4, 0.5) is 16.0 Å². The highest BCUT2D eigenvalue weighted by Gasteiger charge is 2.31. The van der Waals surface area contributed by atoms with E-state index < -0.39 is 21.7 Å². The van der Waals surface area contributed by atoms with Crippen molar-refractivity contribution in [3.63, 3.8) is 0 Å². The van der Waals surface area contributed by atoms with Crippen LogP contribution in [0.5, 0.6) is 5.75 Å². The second kappa shape index (κ2) is 10.1. The molecule has 0 radical (unpaired) electrons. The molecule has 0 aliphatic carbocycles. The molecule has 3 N–H and O–H groups in total. The van der Waals surface area contributed by atoms with Gasteiger partial charge in [0.25, 0.3) is 15.9 Å². The van der Waals surface area contributed by atoms with Crippen LogP contribution in [-0.2, 0) is 10.0 Å². The zero-order valence-electron chi connectivity index (χ0n) is 20.2. The van der Waals surface area contributed by atoms with Crippen LogP contribution in [0, 0.1) is 11.7 Å². The van der Waals surface area contributed by atoms with Crippen LogP contribution in [0.3, 0.4) is 0 Å². The number of aromatic nitrogens is 2. The van der Waals surface area contributed by atoms with E-state index in [1.165, 1.54) is 36.4 Å². The van der Waals surface area contributed by atoms with Gasteiger partial charge in [0.05, 0.1) is 17.9 Å². The SMILES string of the molecule is CC(C)COc1cc(F)cc(-c2ccc(C(=O)NS(=O)(=O)c3cccc(N)n3)c(N3CCC3C)n2)c1.[HH].[HH].[HH].